The summed E-state index contributed by atoms with van der Waals surface area (Å²) in [6, 6.07) is 10.7. The van der Waals surface area contributed by atoms with Crippen molar-refractivity contribution in [1.82, 2.24) is 14.6 Å². The summed E-state index contributed by atoms with van der Waals surface area (Å²) in [7, 11) is 1.31. The standard InChI is InChI=1S/C30H31ClFN3O4/c1-16-20-11-8-12-38-27(20)22(32)14-21(16)26-25(28(29(36)37-6)39-30(3,4)5)17(2)33-24-15-23(34-35(24)26)18-9-7-10-19(31)13-18/h7,9-10,13-15,28H,8,11-12H2,1-6H3/t28-/m1/s1. The zero-order valence-electron chi connectivity index (χ0n) is 22.9. The molecule has 3 heterocycles. The Balaban J connectivity index is 1.87. The number of rotatable bonds is 5. The number of benzene rings is 2. The normalized spacial score (nSPS) is 14.2. The maximum atomic E-state index is 15.5. The molecule has 5 rings (SSSR count). The molecule has 0 unspecified atom stereocenters. The van der Waals surface area contributed by atoms with Crippen molar-refractivity contribution in [3.8, 4) is 28.3 Å². The van der Waals surface area contributed by atoms with Gasteiger partial charge in [-0.25, -0.2) is 18.7 Å². The van der Waals surface area contributed by atoms with E-state index in [-0.39, 0.29) is 5.75 Å². The maximum Gasteiger partial charge on any atom is 0.339 e. The molecule has 0 N–H and O–H groups in total. The van der Waals surface area contributed by atoms with Crippen molar-refractivity contribution in [2.45, 2.75) is 59.2 Å². The highest BCUT2D eigenvalue weighted by Crippen LogP contribution is 2.42. The number of carbonyl (C=O) groups excluding carboxylic acids is 1. The van der Waals surface area contributed by atoms with Crippen LogP contribution in [0.1, 0.15) is 55.7 Å². The Bertz CT molecular complexity index is 1590. The van der Waals surface area contributed by atoms with Crippen LogP contribution < -0.4 is 4.74 Å². The van der Waals surface area contributed by atoms with E-state index in [9.17, 15) is 4.79 Å². The predicted molar refractivity (Wildman–Crippen MR) is 148 cm³/mol. The lowest BCUT2D eigenvalue weighted by Crippen LogP contribution is -2.30. The monoisotopic (exact) mass is 551 g/mol. The number of halogens is 2. The number of esters is 1. The minimum Gasteiger partial charge on any atom is -0.490 e. The van der Waals surface area contributed by atoms with Crippen LogP contribution in [0.25, 0.3) is 28.2 Å². The highest BCUT2D eigenvalue weighted by Gasteiger charge is 2.35. The molecule has 0 saturated carbocycles. The summed E-state index contributed by atoms with van der Waals surface area (Å²) < 4.78 is 34.3. The molecule has 204 valence electrons. The van der Waals surface area contributed by atoms with Gasteiger partial charge >= 0.3 is 5.97 Å². The number of ether oxygens (including phenoxy) is 3. The van der Waals surface area contributed by atoms with E-state index in [4.69, 9.17) is 35.9 Å². The third-order valence-corrected chi connectivity index (χ3v) is 7.03. The second kappa shape index (κ2) is 10.2. The molecule has 7 nitrogen and oxygen atoms in total. The molecule has 0 spiro atoms. The van der Waals surface area contributed by atoms with Gasteiger partial charge in [0, 0.05) is 39.0 Å². The van der Waals surface area contributed by atoms with Gasteiger partial charge in [0.25, 0.3) is 0 Å². The maximum absolute atomic E-state index is 15.5. The van der Waals surface area contributed by atoms with Crippen LogP contribution in [0.4, 0.5) is 4.39 Å². The van der Waals surface area contributed by atoms with Crippen LogP contribution in [-0.2, 0) is 20.7 Å². The first-order valence-electron chi connectivity index (χ1n) is 12.9. The molecule has 4 aromatic rings. The summed E-state index contributed by atoms with van der Waals surface area (Å²) in [5, 5.41) is 5.46. The Kier molecular flexibility index (Phi) is 7.11. The van der Waals surface area contributed by atoms with E-state index in [1.54, 1.807) is 17.5 Å². The van der Waals surface area contributed by atoms with Crippen molar-refractivity contribution in [3.63, 3.8) is 0 Å². The second-order valence-electron chi connectivity index (χ2n) is 10.7. The SMILES string of the molecule is COC(=O)[C@H](OC(C)(C)C)c1c(C)nc2cc(-c3cccc(Cl)c3)nn2c1-c1cc(F)c2c(c1C)CCCO2. The first-order chi connectivity index (χ1) is 18.5. The molecule has 2 aromatic carbocycles. The number of aromatic nitrogens is 3. The predicted octanol–water partition coefficient (Wildman–Crippen LogP) is 6.83. The van der Waals surface area contributed by atoms with Crippen LogP contribution in [0.2, 0.25) is 5.02 Å². The topological polar surface area (TPSA) is 75.0 Å². The fraction of sp³-hybridized carbons (Fsp3) is 0.367. The Hall–Kier alpha value is -3.49. The van der Waals surface area contributed by atoms with Gasteiger partial charge in [-0.05, 0) is 71.2 Å². The Morgan fingerprint density at radius 2 is 1.97 bits per heavy atom. The summed E-state index contributed by atoms with van der Waals surface area (Å²) in [5.74, 6) is -0.772. The van der Waals surface area contributed by atoms with E-state index in [0.717, 1.165) is 23.1 Å². The van der Waals surface area contributed by atoms with Crippen molar-refractivity contribution in [2.24, 2.45) is 0 Å². The first-order valence-corrected chi connectivity index (χ1v) is 13.2. The Labute approximate surface area is 231 Å². The molecular weight excluding hydrogens is 521 g/mol. The van der Waals surface area contributed by atoms with Gasteiger partial charge in [0.2, 0.25) is 0 Å². The van der Waals surface area contributed by atoms with E-state index in [1.807, 2.05) is 52.0 Å². The second-order valence-corrected chi connectivity index (χ2v) is 11.1. The summed E-state index contributed by atoms with van der Waals surface area (Å²) >= 11 is 6.26. The quantitative estimate of drug-likeness (QED) is 0.253. The number of carbonyl (C=O) groups is 1. The zero-order chi connectivity index (χ0) is 28.1. The summed E-state index contributed by atoms with van der Waals surface area (Å²) in [4.78, 5) is 18.0. The molecule has 1 aliphatic heterocycles. The molecule has 0 radical (unpaired) electrons. The minimum atomic E-state index is -1.13. The molecule has 0 amide bonds. The van der Waals surface area contributed by atoms with Gasteiger partial charge in [0.15, 0.2) is 23.3 Å². The van der Waals surface area contributed by atoms with Crippen LogP contribution in [0.5, 0.6) is 5.75 Å². The van der Waals surface area contributed by atoms with E-state index in [0.29, 0.717) is 51.9 Å². The molecule has 39 heavy (non-hydrogen) atoms. The molecular formula is C30H31ClFN3O4. The molecule has 9 heteroatoms. The molecule has 0 bridgehead atoms. The molecule has 0 fully saturated rings. The average Bonchev–Trinajstić information content (AvgIpc) is 3.31. The van der Waals surface area contributed by atoms with Gasteiger partial charge in [0.05, 0.1) is 30.7 Å². The van der Waals surface area contributed by atoms with Crippen LogP contribution >= 0.6 is 11.6 Å². The number of fused-ring (bicyclic) bond motifs is 2. The first kappa shape index (κ1) is 27.1. The Morgan fingerprint density at radius 1 is 1.21 bits per heavy atom. The highest BCUT2D eigenvalue weighted by atomic mass is 35.5. The van der Waals surface area contributed by atoms with E-state index >= 15 is 4.39 Å². The number of hydrogen-bond acceptors (Lipinski definition) is 6. The highest BCUT2D eigenvalue weighted by molar-refractivity contribution is 6.30. The van der Waals surface area contributed by atoms with Crippen molar-refractivity contribution in [1.29, 1.82) is 0 Å². The number of nitrogens with zero attached hydrogens (tertiary/aromatic N) is 3. The fourth-order valence-electron chi connectivity index (χ4n) is 5.08. The van der Waals surface area contributed by atoms with Gasteiger partial charge in [-0.2, -0.15) is 5.10 Å². The van der Waals surface area contributed by atoms with Crippen molar-refractivity contribution in [2.75, 3.05) is 13.7 Å². The number of methoxy groups -OCH3 is 1. The van der Waals surface area contributed by atoms with Gasteiger partial charge in [-0.1, -0.05) is 23.7 Å². The van der Waals surface area contributed by atoms with Crippen molar-refractivity contribution in [3.05, 3.63) is 69.6 Å². The lowest BCUT2D eigenvalue weighted by atomic mass is 9.91. The lowest BCUT2D eigenvalue weighted by molar-refractivity contribution is -0.164. The molecule has 1 aliphatic rings. The Morgan fingerprint density at radius 3 is 2.67 bits per heavy atom. The van der Waals surface area contributed by atoms with Gasteiger partial charge in [0.1, 0.15) is 0 Å². The van der Waals surface area contributed by atoms with Crippen LogP contribution in [-0.4, -0.2) is 39.9 Å². The number of hydrogen-bond donors (Lipinski definition) is 0. The fourth-order valence-corrected chi connectivity index (χ4v) is 5.27. The van der Waals surface area contributed by atoms with Crippen LogP contribution in [0, 0.1) is 19.7 Å². The van der Waals surface area contributed by atoms with E-state index < -0.39 is 23.5 Å². The third kappa shape index (κ3) is 5.11. The van der Waals surface area contributed by atoms with E-state index in [2.05, 4.69) is 0 Å². The molecule has 0 saturated heterocycles. The van der Waals surface area contributed by atoms with Crippen molar-refractivity contribution >= 4 is 23.2 Å². The largest absolute Gasteiger partial charge is 0.490 e. The van der Waals surface area contributed by atoms with Crippen LogP contribution in [0.15, 0.2) is 36.4 Å². The number of aryl methyl sites for hydroxylation is 1. The van der Waals surface area contributed by atoms with Crippen molar-refractivity contribution < 1.29 is 23.4 Å². The van der Waals surface area contributed by atoms with Crippen LogP contribution in [0.3, 0.4) is 0 Å². The summed E-state index contributed by atoms with van der Waals surface area (Å²) in [5.41, 5.74) is 5.02. The van der Waals surface area contributed by atoms with Gasteiger partial charge < -0.3 is 14.2 Å². The molecule has 0 aliphatic carbocycles. The lowest BCUT2D eigenvalue weighted by Gasteiger charge is -2.29. The van der Waals surface area contributed by atoms with E-state index in [1.165, 1.54) is 13.2 Å². The third-order valence-electron chi connectivity index (χ3n) is 6.79. The zero-order valence-corrected chi connectivity index (χ0v) is 23.6. The molecule has 1 atom stereocenters. The average molecular weight is 552 g/mol. The smallest absolute Gasteiger partial charge is 0.339 e. The minimum absolute atomic E-state index is 0.279. The summed E-state index contributed by atoms with van der Waals surface area (Å²) in [6.07, 6.45) is 0.336. The summed E-state index contributed by atoms with van der Waals surface area (Å²) in [6.45, 7) is 9.79. The molecule has 2 aromatic heterocycles. The van der Waals surface area contributed by atoms with Gasteiger partial charge in [-0.15, -0.1) is 0 Å². The van der Waals surface area contributed by atoms with Gasteiger partial charge in [-0.3, -0.25) is 0 Å².